The van der Waals surface area contributed by atoms with Crippen LogP contribution in [-0.4, -0.2) is 68.0 Å². The number of aromatic nitrogens is 1. The summed E-state index contributed by atoms with van der Waals surface area (Å²) in [4.78, 5) is 21.6. The zero-order valence-corrected chi connectivity index (χ0v) is 20.7. The van der Waals surface area contributed by atoms with Crippen LogP contribution >= 0.6 is 0 Å². The zero-order chi connectivity index (χ0) is 25.4. The van der Waals surface area contributed by atoms with E-state index in [1.54, 1.807) is 4.90 Å². The first-order valence-electron chi connectivity index (χ1n) is 12.0. The van der Waals surface area contributed by atoms with Gasteiger partial charge < -0.3 is 19.5 Å². The van der Waals surface area contributed by atoms with Crippen molar-refractivity contribution in [3.8, 4) is 11.8 Å². The van der Waals surface area contributed by atoms with Gasteiger partial charge in [0.25, 0.3) is 0 Å². The van der Waals surface area contributed by atoms with Gasteiger partial charge in [-0.2, -0.15) is 13.8 Å². The lowest BCUT2D eigenvalue weighted by Crippen LogP contribution is -2.50. The Kier molecular flexibility index (Phi) is 9.62. The smallest absolute Gasteiger partial charge is 0.388 e. The number of rotatable bonds is 8. The number of nitrogens with one attached hydrogen (secondary N) is 1. The van der Waals surface area contributed by atoms with Crippen molar-refractivity contribution in [1.29, 1.82) is 0 Å². The highest BCUT2D eigenvalue weighted by Gasteiger charge is 2.37. The number of alkyl halides is 2. The van der Waals surface area contributed by atoms with Crippen LogP contribution in [0.1, 0.15) is 32.8 Å². The van der Waals surface area contributed by atoms with Gasteiger partial charge in [-0.15, -0.1) is 0 Å². The van der Waals surface area contributed by atoms with E-state index in [2.05, 4.69) is 19.9 Å². The van der Waals surface area contributed by atoms with Crippen molar-refractivity contribution in [2.75, 3.05) is 43.6 Å². The molecular weight excluding hydrogens is 458 g/mol. The number of likely N-dealkylation sites (tertiary alicyclic amines) is 1. The fourth-order valence-electron chi connectivity index (χ4n) is 4.24. The normalized spacial score (nSPS) is 17.9. The standard InChI is InChI=1S/C23H28F2N4O4.C2H6/c1-3-15-6-4-5-7-19(15)29(16-10-11-28(12-16)17-13-32-14-17)23(30)26-18-8-9-20(31-2)27-21(18)33-22(24)25;1-2/h4-9,16-17,22H,3,10-14H2,1-2H3,(H,26,30);1-2H3. The molecule has 0 spiro atoms. The van der Waals surface area contributed by atoms with Crippen LogP contribution in [0.25, 0.3) is 0 Å². The minimum absolute atomic E-state index is 0.0438. The SMILES string of the molecule is CC.CCc1ccccc1N(C(=O)Nc1ccc(OC)nc1OC(F)F)C1CCN(C2COC2)C1. The molecular formula is C25H34F2N4O4. The Labute approximate surface area is 205 Å². The number of anilines is 2. The summed E-state index contributed by atoms with van der Waals surface area (Å²) in [7, 11) is 1.37. The molecule has 1 atom stereocenters. The lowest BCUT2D eigenvalue weighted by Gasteiger charge is -2.36. The van der Waals surface area contributed by atoms with Gasteiger partial charge >= 0.3 is 12.6 Å². The van der Waals surface area contributed by atoms with E-state index in [1.165, 1.54) is 19.2 Å². The minimum Gasteiger partial charge on any atom is -0.481 e. The maximum absolute atomic E-state index is 13.6. The molecule has 0 aliphatic carbocycles. The summed E-state index contributed by atoms with van der Waals surface area (Å²) in [6.07, 6.45) is 1.54. The Hall–Kier alpha value is -2.98. The average Bonchev–Trinajstić information content (AvgIpc) is 3.29. The third-order valence-corrected chi connectivity index (χ3v) is 6.03. The molecule has 2 saturated heterocycles. The maximum atomic E-state index is 13.6. The topological polar surface area (TPSA) is 76.2 Å². The molecule has 1 unspecified atom stereocenters. The number of carbonyl (C=O) groups excluding carboxylic acids is 1. The largest absolute Gasteiger partial charge is 0.481 e. The molecule has 2 aliphatic rings. The van der Waals surface area contributed by atoms with Gasteiger partial charge in [-0.3, -0.25) is 9.80 Å². The summed E-state index contributed by atoms with van der Waals surface area (Å²) < 4.78 is 40.8. The van der Waals surface area contributed by atoms with Crippen molar-refractivity contribution < 1.29 is 27.8 Å². The van der Waals surface area contributed by atoms with E-state index in [0.29, 0.717) is 25.8 Å². The van der Waals surface area contributed by atoms with Crippen LogP contribution < -0.4 is 19.7 Å². The van der Waals surface area contributed by atoms with E-state index in [9.17, 15) is 13.6 Å². The molecule has 3 heterocycles. The second kappa shape index (κ2) is 12.6. The Bertz CT molecular complexity index is 974. The van der Waals surface area contributed by atoms with Crippen molar-refractivity contribution in [3.05, 3.63) is 42.0 Å². The van der Waals surface area contributed by atoms with Gasteiger partial charge in [-0.1, -0.05) is 39.0 Å². The predicted octanol–water partition coefficient (Wildman–Crippen LogP) is 4.79. The Morgan fingerprint density at radius 2 is 2.00 bits per heavy atom. The number of halogens is 2. The monoisotopic (exact) mass is 492 g/mol. The number of hydrogen-bond donors (Lipinski definition) is 1. The molecule has 8 nitrogen and oxygen atoms in total. The van der Waals surface area contributed by atoms with E-state index in [4.69, 9.17) is 9.47 Å². The quantitative estimate of drug-likeness (QED) is 0.571. The molecule has 2 fully saturated rings. The van der Waals surface area contributed by atoms with E-state index in [0.717, 1.165) is 30.6 Å². The molecule has 4 rings (SSSR count). The highest BCUT2D eigenvalue weighted by atomic mass is 19.3. The van der Waals surface area contributed by atoms with Gasteiger partial charge in [0.05, 0.1) is 32.4 Å². The number of benzene rings is 1. The number of pyridine rings is 1. The van der Waals surface area contributed by atoms with Gasteiger partial charge in [-0.25, -0.2) is 4.79 Å². The molecule has 1 aromatic heterocycles. The molecule has 0 saturated carbocycles. The van der Waals surface area contributed by atoms with E-state index in [-0.39, 0.29) is 17.6 Å². The second-order valence-electron chi connectivity index (χ2n) is 8.00. The molecule has 1 aromatic carbocycles. The predicted molar refractivity (Wildman–Crippen MR) is 131 cm³/mol. The summed E-state index contributed by atoms with van der Waals surface area (Å²) >= 11 is 0. The van der Waals surface area contributed by atoms with Crippen molar-refractivity contribution in [1.82, 2.24) is 9.88 Å². The Morgan fingerprint density at radius 3 is 2.63 bits per heavy atom. The summed E-state index contributed by atoms with van der Waals surface area (Å²) in [5.41, 5.74) is 1.87. The highest BCUT2D eigenvalue weighted by Crippen LogP contribution is 2.32. The van der Waals surface area contributed by atoms with Crippen LogP contribution in [0, 0.1) is 0 Å². The summed E-state index contributed by atoms with van der Waals surface area (Å²) in [5, 5.41) is 2.73. The summed E-state index contributed by atoms with van der Waals surface area (Å²) in [5.74, 6) is -0.299. The van der Waals surface area contributed by atoms with Crippen LogP contribution in [0.5, 0.6) is 11.8 Å². The average molecular weight is 493 g/mol. The molecule has 10 heteroatoms. The molecule has 192 valence electrons. The summed E-state index contributed by atoms with van der Waals surface area (Å²) in [6, 6.07) is 10.5. The first kappa shape index (κ1) is 26.6. The molecule has 0 radical (unpaired) electrons. The molecule has 2 aliphatic heterocycles. The van der Waals surface area contributed by atoms with Crippen LogP contribution in [0.2, 0.25) is 0 Å². The number of hydrogen-bond acceptors (Lipinski definition) is 6. The third-order valence-electron chi connectivity index (χ3n) is 6.03. The van der Waals surface area contributed by atoms with E-state index in [1.807, 2.05) is 45.0 Å². The van der Waals surface area contributed by atoms with Crippen LogP contribution in [0.3, 0.4) is 0 Å². The summed E-state index contributed by atoms with van der Waals surface area (Å²) in [6.45, 7) is 5.92. The Morgan fingerprint density at radius 1 is 1.26 bits per heavy atom. The molecule has 0 bridgehead atoms. The van der Waals surface area contributed by atoms with Crippen LogP contribution in [0.4, 0.5) is 25.0 Å². The molecule has 35 heavy (non-hydrogen) atoms. The van der Waals surface area contributed by atoms with Crippen molar-refractivity contribution in [2.45, 2.75) is 52.3 Å². The number of ether oxygens (including phenoxy) is 3. The fourth-order valence-corrected chi connectivity index (χ4v) is 4.24. The number of para-hydroxylation sites is 1. The van der Waals surface area contributed by atoms with Crippen molar-refractivity contribution in [2.24, 2.45) is 0 Å². The fraction of sp³-hybridized carbons (Fsp3) is 0.520. The minimum atomic E-state index is -3.09. The van der Waals surface area contributed by atoms with E-state index >= 15 is 0 Å². The third kappa shape index (κ3) is 6.37. The van der Waals surface area contributed by atoms with Crippen LogP contribution in [-0.2, 0) is 11.2 Å². The number of aryl methyl sites for hydroxylation is 1. The van der Waals surface area contributed by atoms with Gasteiger partial charge in [0.2, 0.25) is 11.8 Å². The van der Waals surface area contributed by atoms with Gasteiger partial charge in [0.1, 0.15) is 5.69 Å². The molecule has 2 amide bonds. The number of amides is 2. The van der Waals surface area contributed by atoms with Gasteiger partial charge in [0.15, 0.2) is 0 Å². The lowest BCUT2D eigenvalue weighted by molar-refractivity contribution is -0.0572. The van der Waals surface area contributed by atoms with E-state index < -0.39 is 18.5 Å². The van der Waals surface area contributed by atoms with Gasteiger partial charge in [0, 0.05) is 24.8 Å². The van der Waals surface area contributed by atoms with Crippen molar-refractivity contribution >= 4 is 17.4 Å². The van der Waals surface area contributed by atoms with Gasteiger partial charge in [-0.05, 0) is 30.5 Å². The zero-order valence-electron chi connectivity index (χ0n) is 20.7. The molecule has 2 aromatic rings. The number of carbonyl (C=O) groups is 1. The lowest BCUT2D eigenvalue weighted by atomic mass is 10.1. The number of urea groups is 1. The first-order chi connectivity index (χ1) is 17.0. The first-order valence-corrected chi connectivity index (χ1v) is 12.0. The molecule has 1 N–H and O–H groups in total. The van der Waals surface area contributed by atoms with Crippen LogP contribution in [0.15, 0.2) is 36.4 Å². The highest BCUT2D eigenvalue weighted by molar-refractivity contribution is 6.03. The maximum Gasteiger partial charge on any atom is 0.388 e. The van der Waals surface area contributed by atoms with Crippen molar-refractivity contribution in [3.63, 3.8) is 0 Å². The second-order valence-corrected chi connectivity index (χ2v) is 8.00. The number of nitrogens with zero attached hydrogens (tertiary/aromatic N) is 3. The Balaban J connectivity index is 0.00000167. The number of methoxy groups -OCH3 is 1.